The number of thioether (sulfide) groups is 1. The Morgan fingerprint density at radius 1 is 1.33 bits per heavy atom. The molecule has 1 aliphatic carbocycles. The van der Waals surface area contributed by atoms with Crippen molar-refractivity contribution in [2.24, 2.45) is 11.8 Å². The number of nitrogens with two attached hydrogens (primary N) is 1. The van der Waals surface area contributed by atoms with Crippen molar-refractivity contribution in [3.63, 3.8) is 0 Å². The SMILES string of the molecule is CC1CCCC(NC(=O)CSc2nnc(-c3ccc(Cl)cc3Cl)n2N)C1C. The Kier molecular flexibility index (Phi) is 6.55. The topological polar surface area (TPSA) is 85.8 Å². The average Bonchev–Trinajstić information content (AvgIpc) is 2.98. The van der Waals surface area contributed by atoms with Crippen LogP contribution in [0, 0.1) is 11.8 Å². The Balaban J connectivity index is 1.62. The van der Waals surface area contributed by atoms with Crippen LogP contribution in [0.25, 0.3) is 11.4 Å². The second-order valence-electron chi connectivity index (χ2n) is 7.03. The predicted octanol–water partition coefficient (Wildman–Crippen LogP) is 4.00. The molecule has 0 bridgehead atoms. The van der Waals surface area contributed by atoms with E-state index in [-0.39, 0.29) is 17.7 Å². The van der Waals surface area contributed by atoms with Crippen LogP contribution in [0.1, 0.15) is 33.1 Å². The van der Waals surface area contributed by atoms with Crippen LogP contribution >= 0.6 is 35.0 Å². The molecule has 1 aromatic heterocycles. The second-order valence-corrected chi connectivity index (χ2v) is 8.82. The number of rotatable bonds is 5. The van der Waals surface area contributed by atoms with Gasteiger partial charge in [-0.2, -0.15) is 0 Å². The molecule has 1 fully saturated rings. The molecule has 3 N–H and O–H groups in total. The van der Waals surface area contributed by atoms with Crippen LogP contribution in [0.5, 0.6) is 0 Å². The van der Waals surface area contributed by atoms with Crippen LogP contribution in [0.4, 0.5) is 0 Å². The van der Waals surface area contributed by atoms with Gasteiger partial charge in [0.05, 0.1) is 10.8 Å². The third-order valence-corrected chi connectivity index (χ3v) is 6.71. The number of nitrogen functional groups attached to an aromatic ring is 1. The highest BCUT2D eigenvalue weighted by atomic mass is 35.5. The fourth-order valence-corrected chi connectivity index (χ4v) is 4.55. The van der Waals surface area contributed by atoms with E-state index < -0.39 is 0 Å². The molecular weight excluding hydrogens is 405 g/mol. The smallest absolute Gasteiger partial charge is 0.230 e. The summed E-state index contributed by atoms with van der Waals surface area (Å²) in [4.78, 5) is 12.4. The molecule has 0 spiro atoms. The van der Waals surface area contributed by atoms with Crippen LogP contribution < -0.4 is 11.2 Å². The summed E-state index contributed by atoms with van der Waals surface area (Å²) in [6.45, 7) is 4.46. The maximum Gasteiger partial charge on any atom is 0.230 e. The van der Waals surface area contributed by atoms with E-state index in [4.69, 9.17) is 29.0 Å². The number of nitrogens with zero attached hydrogens (tertiary/aromatic N) is 3. The standard InChI is InChI=1S/C18H23Cl2N5OS/c1-10-4-3-5-15(11(10)2)22-16(26)9-27-18-24-23-17(25(18)21)13-7-6-12(19)8-14(13)20/h6-8,10-11,15H,3-5,9,21H2,1-2H3,(H,22,26). The maximum absolute atomic E-state index is 12.4. The fraction of sp³-hybridized carbons (Fsp3) is 0.500. The Hall–Kier alpha value is -1.44. The molecule has 9 heteroatoms. The summed E-state index contributed by atoms with van der Waals surface area (Å²) in [5, 5.41) is 12.8. The van der Waals surface area contributed by atoms with Crippen LogP contribution in [-0.4, -0.2) is 32.6 Å². The largest absolute Gasteiger partial charge is 0.352 e. The number of hydrogen-bond donors (Lipinski definition) is 2. The van der Waals surface area contributed by atoms with Gasteiger partial charge in [0, 0.05) is 16.6 Å². The summed E-state index contributed by atoms with van der Waals surface area (Å²) in [5.74, 6) is 7.87. The lowest BCUT2D eigenvalue weighted by Crippen LogP contribution is -2.44. The molecule has 0 radical (unpaired) electrons. The highest BCUT2D eigenvalue weighted by Gasteiger charge is 2.28. The number of carbonyl (C=O) groups is 1. The molecular formula is C18H23Cl2N5OS. The Bertz CT molecular complexity index is 828. The highest BCUT2D eigenvalue weighted by molar-refractivity contribution is 7.99. The molecule has 3 rings (SSSR count). The molecule has 1 aliphatic rings. The van der Waals surface area contributed by atoms with Crippen LogP contribution in [0.15, 0.2) is 23.4 Å². The maximum atomic E-state index is 12.4. The van der Waals surface area contributed by atoms with Gasteiger partial charge in [-0.15, -0.1) is 10.2 Å². The van der Waals surface area contributed by atoms with Gasteiger partial charge in [0.25, 0.3) is 0 Å². The second kappa shape index (κ2) is 8.71. The van der Waals surface area contributed by atoms with E-state index in [0.29, 0.717) is 38.4 Å². The van der Waals surface area contributed by atoms with Gasteiger partial charge < -0.3 is 11.2 Å². The zero-order valence-corrected chi connectivity index (χ0v) is 17.6. The van der Waals surface area contributed by atoms with E-state index in [1.807, 2.05) is 0 Å². The van der Waals surface area contributed by atoms with Gasteiger partial charge >= 0.3 is 0 Å². The summed E-state index contributed by atoms with van der Waals surface area (Å²) < 4.78 is 1.35. The summed E-state index contributed by atoms with van der Waals surface area (Å²) >= 11 is 13.4. The van der Waals surface area contributed by atoms with E-state index in [1.54, 1.807) is 18.2 Å². The lowest BCUT2D eigenvalue weighted by atomic mass is 9.78. The van der Waals surface area contributed by atoms with Crippen molar-refractivity contribution in [3.05, 3.63) is 28.2 Å². The number of amides is 1. The van der Waals surface area contributed by atoms with Crippen molar-refractivity contribution in [2.75, 3.05) is 11.6 Å². The minimum atomic E-state index is -0.0139. The first-order valence-electron chi connectivity index (χ1n) is 8.95. The van der Waals surface area contributed by atoms with Crippen molar-refractivity contribution in [1.29, 1.82) is 0 Å². The highest BCUT2D eigenvalue weighted by Crippen LogP contribution is 2.31. The molecule has 1 amide bonds. The van der Waals surface area contributed by atoms with Gasteiger partial charge in [-0.25, -0.2) is 4.68 Å². The number of halogens is 2. The van der Waals surface area contributed by atoms with Crippen LogP contribution in [0.3, 0.4) is 0 Å². The molecule has 3 unspecified atom stereocenters. The van der Waals surface area contributed by atoms with Crippen molar-refractivity contribution in [3.8, 4) is 11.4 Å². The van der Waals surface area contributed by atoms with Crippen molar-refractivity contribution in [1.82, 2.24) is 20.2 Å². The first-order valence-corrected chi connectivity index (χ1v) is 10.7. The predicted molar refractivity (Wildman–Crippen MR) is 110 cm³/mol. The summed E-state index contributed by atoms with van der Waals surface area (Å²) in [6, 6.07) is 5.32. The number of hydrogen-bond acceptors (Lipinski definition) is 5. The lowest BCUT2D eigenvalue weighted by molar-refractivity contribution is -0.120. The normalized spacial score (nSPS) is 22.6. The van der Waals surface area contributed by atoms with Gasteiger partial charge in [-0.05, 0) is 36.5 Å². The lowest BCUT2D eigenvalue weighted by Gasteiger charge is -2.34. The van der Waals surface area contributed by atoms with Gasteiger partial charge in [0.2, 0.25) is 11.1 Å². The average molecular weight is 428 g/mol. The van der Waals surface area contributed by atoms with Crippen molar-refractivity contribution >= 4 is 40.9 Å². The quantitative estimate of drug-likeness (QED) is 0.556. The molecule has 1 saturated carbocycles. The molecule has 1 aromatic carbocycles. The van der Waals surface area contributed by atoms with Gasteiger partial charge in [0.1, 0.15) is 0 Å². The van der Waals surface area contributed by atoms with Crippen LogP contribution in [-0.2, 0) is 4.79 Å². The minimum Gasteiger partial charge on any atom is -0.352 e. The zero-order valence-electron chi connectivity index (χ0n) is 15.3. The molecule has 1 heterocycles. The van der Waals surface area contributed by atoms with Gasteiger partial charge in [-0.3, -0.25) is 4.79 Å². The monoisotopic (exact) mass is 427 g/mol. The zero-order chi connectivity index (χ0) is 19.6. The molecule has 6 nitrogen and oxygen atoms in total. The molecule has 2 aromatic rings. The molecule has 0 aliphatic heterocycles. The van der Waals surface area contributed by atoms with E-state index in [9.17, 15) is 4.79 Å². The van der Waals surface area contributed by atoms with E-state index in [1.165, 1.54) is 22.9 Å². The third-order valence-electron chi connectivity index (χ3n) is 5.22. The number of nitrogens with one attached hydrogen (secondary N) is 1. The Labute approximate surface area is 173 Å². The Morgan fingerprint density at radius 3 is 2.85 bits per heavy atom. The van der Waals surface area contributed by atoms with Crippen molar-refractivity contribution < 1.29 is 4.79 Å². The van der Waals surface area contributed by atoms with E-state index >= 15 is 0 Å². The first-order chi connectivity index (χ1) is 12.9. The molecule has 3 atom stereocenters. The molecule has 146 valence electrons. The van der Waals surface area contributed by atoms with Crippen molar-refractivity contribution in [2.45, 2.75) is 44.3 Å². The van der Waals surface area contributed by atoms with Gasteiger partial charge in [-0.1, -0.05) is 61.7 Å². The fourth-order valence-electron chi connectivity index (χ4n) is 3.39. The molecule has 0 saturated heterocycles. The number of carbonyl (C=O) groups excluding carboxylic acids is 1. The molecule has 27 heavy (non-hydrogen) atoms. The first kappa shape index (κ1) is 20.3. The number of aromatic nitrogens is 3. The third kappa shape index (κ3) is 4.70. The van der Waals surface area contributed by atoms with Gasteiger partial charge in [0.15, 0.2) is 5.82 Å². The minimum absolute atomic E-state index is 0.0139. The van der Waals surface area contributed by atoms with Crippen LogP contribution in [0.2, 0.25) is 10.0 Å². The summed E-state index contributed by atoms with van der Waals surface area (Å²) in [7, 11) is 0. The Morgan fingerprint density at radius 2 is 2.11 bits per heavy atom. The summed E-state index contributed by atoms with van der Waals surface area (Å²) in [6.07, 6.45) is 3.43. The summed E-state index contributed by atoms with van der Waals surface area (Å²) in [5.41, 5.74) is 0.636. The number of benzene rings is 1. The van der Waals surface area contributed by atoms with E-state index in [2.05, 4.69) is 29.4 Å². The van der Waals surface area contributed by atoms with E-state index in [0.717, 1.165) is 12.8 Å².